The summed E-state index contributed by atoms with van der Waals surface area (Å²) in [5.41, 5.74) is -1.04. The molecule has 0 unspecified atom stereocenters. The van der Waals surface area contributed by atoms with Crippen LogP contribution in [0.2, 0.25) is 0 Å². The van der Waals surface area contributed by atoms with Crippen molar-refractivity contribution in [2.45, 2.75) is 71.6 Å². The van der Waals surface area contributed by atoms with Crippen LogP contribution in [0.5, 0.6) is 0 Å². The molecule has 2 heterocycles. The number of hydrogen-bond acceptors (Lipinski definition) is 7. The van der Waals surface area contributed by atoms with E-state index in [-0.39, 0.29) is 53.4 Å². The number of nitrogens with one attached hydrogen (secondary N) is 1. The SMILES string of the molecule is CCOC(=O)c1cn(C2CC2)c2c(C=O)c(N3CC[C@@H](C)[C@H]3CNC(=O)OC(C)(C)C)c(F)cc2c1=O. The van der Waals surface area contributed by atoms with Crippen LogP contribution in [0.3, 0.4) is 0 Å². The number of hydrogen-bond donors (Lipinski definition) is 1. The lowest BCUT2D eigenvalue weighted by Crippen LogP contribution is -2.44. The van der Waals surface area contributed by atoms with Crippen molar-refractivity contribution in [3.05, 3.63) is 39.4 Å². The number of ether oxygens (including phenoxy) is 2. The van der Waals surface area contributed by atoms with Crippen molar-refractivity contribution < 1.29 is 28.2 Å². The Morgan fingerprint density at radius 2 is 1.95 bits per heavy atom. The van der Waals surface area contributed by atoms with Crippen LogP contribution in [0, 0.1) is 11.7 Å². The minimum Gasteiger partial charge on any atom is -0.462 e. The highest BCUT2D eigenvalue weighted by Gasteiger charge is 2.37. The van der Waals surface area contributed by atoms with Gasteiger partial charge in [0, 0.05) is 31.4 Å². The standard InChI is InChI=1S/C27H34FN3O6/c1-6-36-25(34)18-13-31(16-7-8-16)22-17(24(18)33)11-20(28)23(19(22)14-32)30-10-9-15(2)21(30)12-29-26(35)37-27(3,4)5/h11,13-16,21H,6-10,12H2,1-5H3,(H,29,35)/t15-,21-/m1/s1. The van der Waals surface area contributed by atoms with Crippen molar-refractivity contribution in [2.75, 3.05) is 24.6 Å². The van der Waals surface area contributed by atoms with E-state index in [4.69, 9.17) is 9.47 Å². The predicted molar refractivity (Wildman–Crippen MR) is 137 cm³/mol. The van der Waals surface area contributed by atoms with Gasteiger partial charge in [0.15, 0.2) is 6.29 Å². The molecular formula is C27H34FN3O6. The van der Waals surface area contributed by atoms with Gasteiger partial charge in [0.05, 0.1) is 28.8 Å². The monoisotopic (exact) mass is 515 g/mol. The van der Waals surface area contributed by atoms with E-state index in [1.165, 1.54) is 6.20 Å². The molecule has 10 heteroatoms. The number of carbonyl (C=O) groups is 3. The number of alkyl carbamates (subject to hydrolysis) is 1. The van der Waals surface area contributed by atoms with E-state index in [0.29, 0.717) is 18.3 Å². The number of aromatic nitrogens is 1. The molecule has 1 amide bonds. The Labute approximate surface area is 214 Å². The molecule has 1 aromatic carbocycles. The first-order valence-electron chi connectivity index (χ1n) is 12.7. The van der Waals surface area contributed by atoms with Gasteiger partial charge < -0.3 is 24.3 Å². The highest BCUT2D eigenvalue weighted by molar-refractivity contribution is 6.04. The highest BCUT2D eigenvalue weighted by Crippen LogP contribution is 2.41. The fourth-order valence-electron chi connectivity index (χ4n) is 5.01. The van der Waals surface area contributed by atoms with Crippen molar-refractivity contribution in [2.24, 2.45) is 5.92 Å². The van der Waals surface area contributed by atoms with Gasteiger partial charge in [0.2, 0.25) is 5.43 Å². The van der Waals surface area contributed by atoms with Gasteiger partial charge in [0.1, 0.15) is 17.0 Å². The summed E-state index contributed by atoms with van der Waals surface area (Å²) < 4.78 is 27.9. The van der Waals surface area contributed by atoms with Crippen LogP contribution in [0.15, 0.2) is 17.1 Å². The number of carbonyl (C=O) groups excluding carboxylic acids is 3. The predicted octanol–water partition coefficient (Wildman–Crippen LogP) is 4.20. The van der Waals surface area contributed by atoms with Crippen LogP contribution in [0.4, 0.5) is 14.9 Å². The molecule has 2 aliphatic rings. The number of aldehydes is 1. The minimum absolute atomic E-state index is 0.00424. The van der Waals surface area contributed by atoms with Crippen molar-refractivity contribution >= 4 is 34.9 Å². The van der Waals surface area contributed by atoms with Crippen LogP contribution in [-0.2, 0) is 9.47 Å². The lowest BCUT2D eigenvalue weighted by atomic mass is 10.0. The average Bonchev–Trinajstić information content (AvgIpc) is 3.59. The summed E-state index contributed by atoms with van der Waals surface area (Å²) in [6.45, 7) is 9.72. The van der Waals surface area contributed by atoms with E-state index in [2.05, 4.69) is 5.32 Å². The quantitative estimate of drug-likeness (QED) is 0.435. The molecule has 4 rings (SSSR count). The van der Waals surface area contributed by atoms with E-state index < -0.39 is 28.9 Å². The van der Waals surface area contributed by atoms with Crippen molar-refractivity contribution in [1.82, 2.24) is 9.88 Å². The van der Waals surface area contributed by atoms with Gasteiger partial charge in [-0.15, -0.1) is 0 Å². The van der Waals surface area contributed by atoms with Crippen LogP contribution in [-0.4, -0.2) is 54.3 Å². The molecule has 1 aliphatic carbocycles. The molecule has 1 aromatic heterocycles. The summed E-state index contributed by atoms with van der Waals surface area (Å²) in [6, 6.07) is 0.816. The Bertz CT molecular complexity index is 1290. The number of halogens is 1. The summed E-state index contributed by atoms with van der Waals surface area (Å²) in [5.74, 6) is -1.41. The number of benzene rings is 1. The number of nitrogens with zero attached hydrogens (tertiary/aromatic N) is 2. The maximum Gasteiger partial charge on any atom is 0.407 e. The van der Waals surface area contributed by atoms with Crippen LogP contribution >= 0.6 is 0 Å². The molecule has 2 fully saturated rings. The second kappa shape index (κ2) is 10.1. The molecule has 9 nitrogen and oxygen atoms in total. The van der Waals surface area contributed by atoms with E-state index >= 15 is 4.39 Å². The zero-order valence-electron chi connectivity index (χ0n) is 21.9. The maximum absolute atomic E-state index is 15.8. The molecule has 1 aliphatic heterocycles. The van der Waals surface area contributed by atoms with Gasteiger partial charge in [-0.2, -0.15) is 0 Å². The average molecular weight is 516 g/mol. The second-order valence-electron chi connectivity index (χ2n) is 10.8. The summed E-state index contributed by atoms with van der Waals surface area (Å²) in [6.07, 6.45) is 3.79. The van der Waals surface area contributed by atoms with Crippen molar-refractivity contribution in [3.63, 3.8) is 0 Å². The first kappa shape index (κ1) is 26.6. The number of anilines is 1. The summed E-state index contributed by atoms with van der Waals surface area (Å²) in [4.78, 5) is 52.3. The number of rotatable bonds is 7. The molecule has 2 aromatic rings. The third kappa shape index (κ3) is 5.33. The molecule has 200 valence electrons. The highest BCUT2D eigenvalue weighted by atomic mass is 19.1. The van der Waals surface area contributed by atoms with Gasteiger partial charge in [-0.05, 0) is 58.9 Å². The normalized spacial score (nSPS) is 19.7. The van der Waals surface area contributed by atoms with Crippen LogP contribution in [0.25, 0.3) is 10.9 Å². The molecule has 1 N–H and O–H groups in total. The first-order chi connectivity index (χ1) is 17.5. The topological polar surface area (TPSA) is 107 Å². The third-order valence-electron chi connectivity index (χ3n) is 6.86. The smallest absolute Gasteiger partial charge is 0.407 e. The van der Waals surface area contributed by atoms with Gasteiger partial charge >= 0.3 is 12.1 Å². The van der Waals surface area contributed by atoms with Crippen LogP contribution in [0.1, 0.15) is 80.6 Å². The Balaban J connectivity index is 1.80. The van der Waals surface area contributed by atoms with Gasteiger partial charge in [0.25, 0.3) is 0 Å². The first-order valence-corrected chi connectivity index (χ1v) is 12.7. The van der Waals surface area contributed by atoms with Crippen LogP contribution < -0.4 is 15.6 Å². The Hall–Kier alpha value is -3.43. The second-order valence-corrected chi connectivity index (χ2v) is 10.8. The lowest BCUT2D eigenvalue weighted by Gasteiger charge is -2.31. The van der Waals surface area contributed by atoms with Gasteiger partial charge in [-0.3, -0.25) is 9.59 Å². The van der Waals surface area contributed by atoms with Crippen molar-refractivity contribution in [3.8, 4) is 0 Å². The minimum atomic E-state index is -0.775. The molecule has 0 radical (unpaired) electrons. The fraction of sp³-hybridized carbons (Fsp3) is 0.556. The third-order valence-corrected chi connectivity index (χ3v) is 6.86. The molecular weight excluding hydrogens is 481 g/mol. The molecule has 1 saturated carbocycles. The van der Waals surface area contributed by atoms with E-state index in [1.807, 2.05) is 6.92 Å². The Kier molecular flexibility index (Phi) is 7.30. The molecule has 0 bridgehead atoms. The van der Waals surface area contributed by atoms with Gasteiger partial charge in [-0.25, -0.2) is 14.0 Å². The largest absolute Gasteiger partial charge is 0.462 e. The van der Waals surface area contributed by atoms with E-state index in [0.717, 1.165) is 25.3 Å². The summed E-state index contributed by atoms with van der Waals surface area (Å²) >= 11 is 0. The molecule has 0 spiro atoms. The molecule has 37 heavy (non-hydrogen) atoms. The number of esters is 1. The van der Waals surface area contributed by atoms with E-state index in [9.17, 15) is 19.2 Å². The van der Waals surface area contributed by atoms with E-state index in [1.54, 1.807) is 37.2 Å². The zero-order chi connectivity index (χ0) is 27.1. The summed E-state index contributed by atoms with van der Waals surface area (Å²) in [7, 11) is 0. The fourth-order valence-corrected chi connectivity index (χ4v) is 5.01. The number of pyridine rings is 1. The molecule has 1 saturated heterocycles. The lowest BCUT2D eigenvalue weighted by molar-refractivity contribution is 0.0513. The van der Waals surface area contributed by atoms with Gasteiger partial charge in [-0.1, -0.05) is 6.92 Å². The number of fused-ring (bicyclic) bond motifs is 1. The Morgan fingerprint density at radius 1 is 1.24 bits per heavy atom. The Morgan fingerprint density at radius 3 is 2.54 bits per heavy atom. The zero-order valence-corrected chi connectivity index (χ0v) is 21.9. The summed E-state index contributed by atoms with van der Waals surface area (Å²) in [5, 5.41) is 2.73. The molecule has 2 atom stereocenters. The number of amides is 1. The maximum atomic E-state index is 15.8. The van der Waals surface area contributed by atoms with Crippen molar-refractivity contribution in [1.29, 1.82) is 0 Å².